The Morgan fingerprint density at radius 2 is 1.63 bits per heavy atom. The number of amides is 2. The molecule has 1 N–H and O–H groups in total. The van der Waals surface area contributed by atoms with Gasteiger partial charge in [-0.2, -0.15) is 0 Å². The van der Waals surface area contributed by atoms with E-state index in [9.17, 15) is 9.59 Å². The lowest BCUT2D eigenvalue weighted by Gasteiger charge is -2.29. The van der Waals surface area contributed by atoms with Crippen LogP contribution in [0.4, 0.5) is 0 Å². The Labute approximate surface area is 188 Å². The van der Waals surface area contributed by atoms with Gasteiger partial charge in [-0.05, 0) is 42.2 Å². The summed E-state index contributed by atoms with van der Waals surface area (Å²) in [6, 6.07) is 12.0. The van der Waals surface area contributed by atoms with Crippen molar-refractivity contribution in [2.24, 2.45) is 0 Å². The molecular formula is C23H28Cl2N2O3. The van der Waals surface area contributed by atoms with Gasteiger partial charge in [-0.3, -0.25) is 9.59 Å². The van der Waals surface area contributed by atoms with Crippen LogP contribution >= 0.6 is 23.2 Å². The summed E-state index contributed by atoms with van der Waals surface area (Å²) in [5.41, 5.74) is 1.78. The second kappa shape index (κ2) is 10.2. The van der Waals surface area contributed by atoms with Crippen LogP contribution in [0.15, 0.2) is 42.5 Å². The van der Waals surface area contributed by atoms with Crippen molar-refractivity contribution in [3.63, 3.8) is 0 Å². The number of nitrogens with one attached hydrogen (secondary N) is 1. The molecule has 162 valence electrons. The molecule has 30 heavy (non-hydrogen) atoms. The normalized spacial score (nSPS) is 12.2. The Hall–Kier alpha value is -2.24. The minimum Gasteiger partial charge on any atom is -0.484 e. The van der Waals surface area contributed by atoms with E-state index in [0.717, 1.165) is 0 Å². The minimum absolute atomic E-state index is 0.0301. The highest BCUT2D eigenvalue weighted by Gasteiger charge is 2.27. The minimum atomic E-state index is -0.721. The summed E-state index contributed by atoms with van der Waals surface area (Å²) in [4.78, 5) is 26.6. The predicted molar refractivity (Wildman–Crippen MR) is 121 cm³/mol. The quantitative estimate of drug-likeness (QED) is 0.656. The molecule has 0 saturated heterocycles. The van der Waals surface area contributed by atoms with Crippen molar-refractivity contribution in [3.8, 4) is 5.75 Å². The summed E-state index contributed by atoms with van der Waals surface area (Å²) in [5, 5.41) is 3.44. The maximum atomic E-state index is 13.0. The molecule has 0 aliphatic rings. The first kappa shape index (κ1) is 24.0. The molecule has 0 bridgehead atoms. The first-order valence-corrected chi connectivity index (χ1v) is 10.5. The number of rotatable bonds is 7. The van der Waals surface area contributed by atoms with E-state index < -0.39 is 6.04 Å². The maximum absolute atomic E-state index is 13.0. The third-order valence-electron chi connectivity index (χ3n) is 4.89. The monoisotopic (exact) mass is 450 g/mol. The number of carbonyl (C=O) groups is 2. The molecule has 0 spiro atoms. The summed E-state index contributed by atoms with van der Waals surface area (Å²) in [6.07, 6.45) is 0. The third kappa shape index (κ3) is 6.13. The molecule has 2 aromatic rings. The topological polar surface area (TPSA) is 58.6 Å². The van der Waals surface area contributed by atoms with Crippen LogP contribution in [0.5, 0.6) is 5.75 Å². The molecule has 2 aromatic carbocycles. The number of halogens is 2. The maximum Gasteiger partial charge on any atom is 0.261 e. The van der Waals surface area contributed by atoms with E-state index >= 15 is 0 Å². The first-order valence-electron chi connectivity index (χ1n) is 9.72. The Morgan fingerprint density at radius 1 is 1.07 bits per heavy atom. The smallest absolute Gasteiger partial charge is 0.261 e. The third-order valence-corrected chi connectivity index (χ3v) is 5.59. The first-order chi connectivity index (χ1) is 14.0. The number of nitrogens with zero attached hydrogens (tertiary/aromatic N) is 1. The zero-order valence-corrected chi connectivity index (χ0v) is 19.5. The second-order valence-electron chi connectivity index (χ2n) is 8.08. The molecule has 0 saturated carbocycles. The van der Waals surface area contributed by atoms with Crippen LogP contribution in [-0.2, 0) is 21.5 Å². The van der Waals surface area contributed by atoms with Gasteiger partial charge in [-0.25, -0.2) is 0 Å². The van der Waals surface area contributed by atoms with Gasteiger partial charge in [0, 0.05) is 29.2 Å². The molecule has 7 heteroatoms. The fourth-order valence-corrected chi connectivity index (χ4v) is 3.44. The highest BCUT2D eigenvalue weighted by atomic mass is 35.5. The average Bonchev–Trinajstić information content (AvgIpc) is 2.70. The van der Waals surface area contributed by atoms with Gasteiger partial charge in [0.25, 0.3) is 5.91 Å². The van der Waals surface area contributed by atoms with Crippen molar-refractivity contribution in [2.75, 3.05) is 13.7 Å². The number of hydrogen-bond donors (Lipinski definition) is 1. The van der Waals surface area contributed by atoms with Gasteiger partial charge in [0.1, 0.15) is 11.8 Å². The van der Waals surface area contributed by atoms with E-state index in [-0.39, 0.29) is 30.4 Å². The Kier molecular flexibility index (Phi) is 8.16. The Balaban J connectivity index is 2.17. The summed E-state index contributed by atoms with van der Waals surface area (Å²) in [6.45, 7) is 7.93. The van der Waals surface area contributed by atoms with Gasteiger partial charge in [0.15, 0.2) is 6.61 Å². The van der Waals surface area contributed by atoms with Crippen LogP contribution in [-0.4, -0.2) is 36.4 Å². The molecule has 0 heterocycles. The van der Waals surface area contributed by atoms with Gasteiger partial charge in [-0.15, -0.1) is 0 Å². The summed E-state index contributed by atoms with van der Waals surface area (Å²) in [7, 11) is 1.53. The molecule has 1 atom stereocenters. The van der Waals surface area contributed by atoms with E-state index in [2.05, 4.69) is 26.1 Å². The van der Waals surface area contributed by atoms with Crippen molar-refractivity contribution >= 4 is 35.0 Å². The number of ether oxygens (including phenoxy) is 1. The Morgan fingerprint density at radius 3 is 2.13 bits per heavy atom. The highest BCUT2D eigenvalue weighted by molar-refractivity contribution is 6.36. The molecule has 2 rings (SSSR count). The molecule has 5 nitrogen and oxygen atoms in total. The molecule has 0 radical (unpaired) electrons. The number of likely N-dealkylation sites (N-methyl/N-ethyl adjacent to an activating group) is 1. The van der Waals surface area contributed by atoms with Crippen molar-refractivity contribution in [1.82, 2.24) is 10.2 Å². The lowest BCUT2D eigenvalue weighted by Crippen LogP contribution is -2.48. The second-order valence-corrected chi connectivity index (χ2v) is 8.89. The number of benzene rings is 2. The van der Waals surface area contributed by atoms with Crippen LogP contribution in [0, 0.1) is 0 Å². The Bertz CT molecular complexity index is 872. The van der Waals surface area contributed by atoms with Gasteiger partial charge < -0.3 is 15.0 Å². The predicted octanol–water partition coefficient (Wildman–Crippen LogP) is 4.83. The summed E-state index contributed by atoms with van der Waals surface area (Å²) < 4.78 is 5.69. The van der Waals surface area contributed by atoms with Crippen LogP contribution < -0.4 is 10.1 Å². The fraction of sp³-hybridized carbons (Fsp3) is 0.391. The number of hydrogen-bond acceptors (Lipinski definition) is 3. The average molecular weight is 451 g/mol. The van der Waals surface area contributed by atoms with Gasteiger partial charge in [0.05, 0.1) is 0 Å². The highest BCUT2D eigenvalue weighted by Crippen LogP contribution is 2.27. The van der Waals surface area contributed by atoms with Crippen LogP contribution in [0.3, 0.4) is 0 Å². The van der Waals surface area contributed by atoms with Crippen LogP contribution in [0.2, 0.25) is 10.0 Å². The lowest BCUT2D eigenvalue weighted by molar-refractivity contribution is -0.142. The summed E-state index contributed by atoms with van der Waals surface area (Å²) >= 11 is 12.5. The van der Waals surface area contributed by atoms with Crippen molar-refractivity contribution in [2.45, 2.75) is 45.7 Å². The van der Waals surface area contributed by atoms with E-state index in [1.165, 1.54) is 17.5 Å². The van der Waals surface area contributed by atoms with Crippen molar-refractivity contribution in [3.05, 3.63) is 63.6 Å². The fourth-order valence-electron chi connectivity index (χ4n) is 2.92. The molecular weight excluding hydrogens is 423 g/mol. The summed E-state index contributed by atoms with van der Waals surface area (Å²) in [5.74, 6) is -0.0530. The zero-order chi connectivity index (χ0) is 22.5. The molecule has 0 aliphatic heterocycles. The standard InChI is InChI=1S/C23H28Cl2N2O3/c1-15(22(29)26-5)27(13-18-19(24)7-6-8-20(18)25)21(28)14-30-17-11-9-16(10-12-17)23(2,3)4/h6-12,15H,13-14H2,1-5H3,(H,26,29). The SMILES string of the molecule is CNC(=O)C(C)N(Cc1c(Cl)cccc1Cl)C(=O)COc1ccc(C(C)(C)C)cc1. The molecule has 0 aromatic heterocycles. The van der Waals surface area contributed by atoms with Crippen LogP contribution in [0.25, 0.3) is 0 Å². The van der Waals surface area contributed by atoms with E-state index in [1.54, 1.807) is 25.1 Å². The van der Waals surface area contributed by atoms with Crippen LogP contribution in [0.1, 0.15) is 38.8 Å². The molecule has 1 unspecified atom stereocenters. The largest absolute Gasteiger partial charge is 0.484 e. The van der Waals surface area contributed by atoms with E-state index in [4.69, 9.17) is 27.9 Å². The van der Waals surface area contributed by atoms with E-state index in [0.29, 0.717) is 21.4 Å². The van der Waals surface area contributed by atoms with Gasteiger partial charge >= 0.3 is 0 Å². The number of carbonyl (C=O) groups excluding carboxylic acids is 2. The molecule has 0 fully saturated rings. The lowest BCUT2D eigenvalue weighted by atomic mass is 9.87. The van der Waals surface area contributed by atoms with Crippen molar-refractivity contribution < 1.29 is 14.3 Å². The van der Waals surface area contributed by atoms with Crippen molar-refractivity contribution in [1.29, 1.82) is 0 Å². The van der Waals surface area contributed by atoms with Gasteiger partial charge in [0.2, 0.25) is 5.91 Å². The zero-order valence-electron chi connectivity index (χ0n) is 18.0. The molecule has 2 amide bonds. The van der Waals surface area contributed by atoms with Gasteiger partial charge in [-0.1, -0.05) is 62.2 Å². The molecule has 0 aliphatic carbocycles. The van der Waals surface area contributed by atoms with E-state index in [1.807, 2.05) is 24.3 Å².